The van der Waals surface area contributed by atoms with Gasteiger partial charge in [0.1, 0.15) is 5.82 Å². The smallest absolute Gasteiger partial charge is 0.140 e. The average Bonchev–Trinajstić information content (AvgIpc) is 2.19. The first kappa shape index (κ1) is 12.6. The van der Waals surface area contributed by atoms with E-state index in [0.717, 1.165) is 11.1 Å². The zero-order chi connectivity index (χ0) is 11.4. The molecule has 0 aliphatic heterocycles. The molecule has 0 amide bonds. The lowest BCUT2D eigenvalue weighted by molar-refractivity contribution is 0.0867. The summed E-state index contributed by atoms with van der Waals surface area (Å²) in [6.07, 6.45) is 0. The molecule has 1 aromatic carbocycles. The van der Waals surface area contributed by atoms with Crippen LogP contribution in [0.15, 0.2) is 16.6 Å². The average molecular weight is 276 g/mol. The molecule has 0 atom stereocenters. The van der Waals surface area contributed by atoms with Crippen LogP contribution >= 0.6 is 15.9 Å². The van der Waals surface area contributed by atoms with Crippen molar-refractivity contribution in [3.8, 4) is 0 Å². The zero-order valence-corrected chi connectivity index (χ0v) is 10.7. The first-order chi connectivity index (χ1) is 7.06. The summed E-state index contributed by atoms with van der Waals surface area (Å²) in [4.78, 5) is 4.76. The van der Waals surface area contributed by atoms with Gasteiger partial charge < -0.3 is 4.84 Å². The molecular formula is C11H15BrFNO. The number of hydrogen-bond donors (Lipinski definition) is 1. The third kappa shape index (κ3) is 3.26. The van der Waals surface area contributed by atoms with E-state index in [1.165, 1.54) is 0 Å². The summed E-state index contributed by atoms with van der Waals surface area (Å²) in [7, 11) is 1.56. The molecule has 0 saturated carbocycles. The van der Waals surface area contributed by atoms with Crippen molar-refractivity contribution in [2.45, 2.75) is 26.3 Å². The van der Waals surface area contributed by atoms with Gasteiger partial charge >= 0.3 is 0 Å². The van der Waals surface area contributed by atoms with Crippen LogP contribution in [0.2, 0.25) is 0 Å². The van der Waals surface area contributed by atoms with E-state index in [-0.39, 0.29) is 11.7 Å². The lowest BCUT2D eigenvalue weighted by Gasteiger charge is -2.11. The van der Waals surface area contributed by atoms with E-state index in [2.05, 4.69) is 21.4 Å². The van der Waals surface area contributed by atoms with Crippen molar-refractivity contribution < 1.29 is 9.23 Å². The second-order valence-electron chi connectivity index (χ2n) is 3.66. The minimum absolute atomic E-state index is 0.170. The third-order valence-corrected chi connectivity index (χ3v) is 2.74. The van der Waals surface area contributed by atoms with Gasteiger partial charge in [-0.1, -0.05) is 19.9 Å². The van der Waals surface area contributed by atoms with E-state index < -0.39 is 0 Å². The van der Waals surface area contributed by atoms with Crippen LogP contribution in [0, 0.1) is 5.82 Å². The molecule has 1 rings (SSSR count). The fourth-order valence-electron chi connectivity index (χ4n) is 1.35. The van der Waals surface area contributed by atoms with Crippen LogP contribution in [-0.4, -0.2) is 7.11 Å². The van der Waals surface area contributed by atoms with Crippen molar-refractivity contribution >= 4 is 15.9 Å². The molecule has 0 aromatic heterocycles. The molecule has 84 valence electrons. The number of halogens is 2. The normalized spacial score (nSPS) is 11.1. The molecule has 0 aliphatic carbocycles. The largest absolute Gasteiger partial charge is 0.305 e. The molecule has 4 heteroatoms. The Hall–Kier alpha value is -0.450. The van der Waals surface area contributed by atoms with Crippen LogP contribution in [-0.2, 0) is 11.4 Å². The van der Waals surface area contributed by atoms with Crippen LogP contribution in [0.5, 0.6) is 0 Å². The Labute approximate surface area is 97.9 Å². The van der Waals surface area contributed by atoms with Gasteiger partial charge in [-0.25, -0.2) is 4.39 Å². The summed E-state index contributed by atoms with van der Waals surface area (Å²) in [6.45, 7) is 4.51. The minimum Gasteiger partial charge on any atom is -0.305 e. The van der Waals surface area contributed by atoms with E-state index >= 15 is 0 Å². The zero-order valence-electron chi connectivity index (χ0n) is 9.10. The highest BCUT2D eigenvalue weighted by molar-refractivity contribution is 9.10. The van der Waals surface area contributed by atoms with E-state index in [1.54, 1.807) is 13.2 Å². The molecule has 0 unspecified atom stereocenters. The van der Waals surface area contributed by atoms with E-state index in [4.69, 9.17) is 4.84 Å². The molecule has 0 bridgehead atoms. The van der Waals surface area contributed by atoms with Gasteiger partial charge in [0.15, 0.2) is 0 Å². The second kappa shape index (κ2) is 5.58. The number of hydrogen-bond acceptors (Lipinski definition) is 2. The van der Waals surface area contributed by atoms with E-state index in [0.29, 0.717) is 11.0 Å². The molecule has 0 heterocycles. The van der Waals surface area contributed by atoms with Gasteiger partial charge in [-0.2, -0.15) is 5.48 Å². The van der Waals surface area contributed by atoms with E-state index in [1.807, 2.05) is 19.9 Å². The molecule has 0 aliphatic rings. The topological polar surface area (TPSA) is 21.3 Å². The number of rotatable bonds is 4. The maximum atomic E-state index is 13.7. The molecule has 0 fully saturated rings. The van der Waals surface area contributed by atoms with Crippen molar-refractivity contribution in [2.24, 2.45) is 0 Å². The maximum absolute atomic E-state index is 13.7. The summed E-state index contributed by atoms with van der Waals surface area (Å²) in [5.41, 5.74) is 4.45. The SMILES string of the molecule is CONCc1cc(Br)c(F)c(C(C)C)c1. The van der Waals surface area contributed by atoms with Crippen molar-refractivity contribution in [2.75, 3.05) is 7.11 Å². The molecule has 1 aromatic rings. The van der Waals surface area contributed by atoms with Crippen molar-refractivity contribution in [3.05, 3.63) is 33.5 Å². The predicted molar refractivity (Wildman–Crippen MR) is 62.0 cm³/mol. The first-order valence-corrected chi connectivity index (χ1v) is 5.59. The minimum atomic E-state index is -0.175. The molecular weight excluding hydrogens is 261 g/mol. The second-order valence-corrected chi connectivity index (χ2v) is 4.52. The Morgan fingerprint density at radius 2 is 2.13 bits per heavy atom. The highest BCUT2D eigenvalue weighted by Gasteiger charge is 2.11. The molecule has 0 radical (unpaired) electrons. The molecule has 1 N–H and O–H groups in total. The van der Waals surface area contributed by atoms with Crippen LogP contribution in [0.25, 0.3) is 0 Å². The van der Waals surface area contributed by atoms with Crippen LogP contribution in [0.3, 0.4) is 0 Å². The highest BCUT2D eigenvalue weighted by atomic mass is 79.9. The fraction of sp³-hybridized carbons (Fsp3) is 0.455. The lowest BCUT2D eigenvalue weighted by atomic mass is 10.0. The molecule has 0 spiro atoms. The van der Waals surface area contributed by atoms with Crippen molar-refractivity contribution in [1.82, 2.24) is 5.48 Å². The molecule has 0 saturated heterocycles. The molecule has 2 nitrogen and oxygen atoms in total. The van der Waals surface area contributed by atoms with Crippen molar-refractivity contribution in [1.29, 1.82) is 0 Å². The Morgan fingerprint density at radius 3 is 2.67 bits per heavy atom. The first-order valence-electron chi connectivity index (χ1n) is 4.80. The summed E-state index contributed by atoms with van der Waals surface area (Å²) in [6, 6.07) is 3.62. The Morgan fingerprint density at radius 1 is 1.47 bits per heavy atom. The number of hydroxylamine groups is 1. The number of nitrogens with one attached hydrogen (secondary N) is 1. The van der Waals surface area contributed by atoms with E-state index in [9.17, 15) is 4.39 Å². The van der Waals surface area contributed by atoms with Gasteiger partial charge in [0.25, 0.3) is 0 Å². The number of benzene rings is 1. The van der Waals surface area contributed by atoms with Crippen LogP contribution in [0.1, 0.15) is 30.9 Å². The highest BCUT2D eigenvalue weighted by Crippen LogP contribution is 2.26. The summed E-state index contributed by atoms with van der Waals surface area (Å²) in [5.74, 6) is -0.00467. The van der Waals surface area contributed by atoms with Gasteiger partial charge in [-0.3, -0.25) is 0 Å². The van der Waals surface area contributed by atoms with Crippen molar-refractivity contribution in [3.63, 3.8) is 0 Å². The standard InChI is InChI=1S/C11H15BrFNO/c1-7(2)9-4-8(6-14-15-3)5-10(12)11(9)13/h4-5,7,14H,6H2,1-3H3. The van der Waals surface area contributed by atoms with Gasteiger partial charge in [0.2, 0.25) is 0 Å². The van der Waals surface area contributed by atoms with Crippen LogP contribution < -0.4 is 5.48 Å². The Balaban J connectivity index is 3.00. The Kier molecular flexibility index (Phi) is 4.70. The summed E-state index contributed by atoms with van der Waals surface area (Å²) >= 11 is 3.21. The summed E-state index contributed by atoms with van der Waals surface area (Å²) in [5, 5.41) is 0. The van der Waals surface area contributed by atoms with Gasteiger partial charge in [-0.15, -0.1) is 0 Å². The monoisotopic (exact) mass is 275 g/mol. The van der Waals surface area contributed by atoms with Crippen LogP contribution in [0.4, 0.5) is 4.39 Å². The Bertz CT molecular complexity index is 342. The van der Waals surface area contributed by atoms with Gasteiger partial charge in [-0.05, 0) is 39.0 Å². The maximum Gasteiger partial charge on any atom is 0.140 e. The molecule has 15 heavy (non-hydrogen) atoms. The van der Waals surface area contributed by atoms with Gasteiger partial charge in [0, 0.05) is 6.54 Å². The van der Waals surface area contributed by atoms with Gasteiger partial charge in [0.05, 0.1) is 11.6 Å². The predicted octanol–water partition coefficient (Wildman–Crippen LogP) is 3.36. The third-order valence-electron chi connectivity index (χ3n) is 2.16. The lowest BCUT2D eigenvalue weighted by Crippen LogP contribution is -2.11. The summed E-state index contributed by atoms with van der Waals surface area (Å²) < 4.78 is 14.2. The quantitative estimate of drug-likeness (QED) is 0.851. The fourth-order valence-corrected chi connectivity index (χ4v) is 1.87.